The summed E-state index contributed by atoms with van der Waals surface area (Å²) in [6.07, 6.45) is 7.89. The minimum atomic E-state index is -3.55. The SMILES string of the molecule is Cc1noc(C)c1S(=O)(=O)N1CCC2(CC1)CCC(O)(CN1CCCC1)CC2. The zero-order chi connectivity index (χ0) is 20.0. The van der Waals surface area contributed by atoms with E-state index in [0.29, 0.717) is 24.5 Å². The van der Waals surface area contributed by atoms with Crippen LogP contribution in [0.2, 0.25) is 0 Å². The van der Waals surface area contributed by atoms with Crippen LogP contribution in [0.5, 0.6) is 0 Å². The molecule has 0 radical (unpaired) electrons. The van der Waals surface area contributed by atoms with Crippen molar-refractivity contribution >= 4 is 10.0 Å². The zero-order valence-electron chi connectivity index (χ0n) is 17.1. The molecule has 1 N–H and O–H groups in total. The maximum Gasteiger partial charge on any atom is 0.248 e. The van der Waals surface area contributed by atoms with E-state index in [1.54, 1.807) is 18.2 Å². The average Bonchev–Trinajstić information content (AvgIpc) is 3.28. The first kappa shape index (κ1) is 20.3. The minimum Gasteiger partial charge on any atom is -0.389 e. The third-order valence-corrected chi connectivity index (χ3v) is 9.45. The van der Waals surface area contributed by atoms with Gasteiger partial charge in [-0.1, -0.05) is 5.16 Å². The highest BCUT2D eigenvalue weighted by molar-refractivity contribution is 7.89. The number of likely N-dealkylation sites (tertiary alicyclic amines) is 1. The summed E-state index contributed by atoms with van der Waals surface area (Å²) in [7, 11) is -3.55. The number of β-amino-alcohol motifs (C(OH)–C–C–N with tert-alkyl or cyclic N) is 1. The monoisotopic (exact) mass is 411 g/mol. The Morgan fingerprint density at radius 1 is 1.00 bits per heavy atom. The van der Waals surface area contributed by atoms with Crippen LogP contribution in [0.15, 0.2) is 9.42 Å². The summed E-state index contributed by atoms with van der Waals surface area (Å²) in [6.45, 7) is 7.44. The van der Waals surface area contributed by atoms with Crippen LogP contribution in [0.25, 0.3) is 0 Å². The second-order valence-corrected chi connectivity index (χ2v) is 11.1. The van der Waals surface area contributed by atoms with E-state index in [4.69, 9.17) is 4.52 Å². The third-order valence-electron chi connectivity index (χ3n) is 7.31. The number of aromatic nitrogens is 1. The maximum atomic E-state index is 13.0. The molecular formula is C20H33N3O4S. The van der Waals surface area contributed by atoms with Crippen LogP contribution in [-0.4, -0.2) is 66.2 Å². The van der Waals surface area contributed by atoms with Gasteiger partial charge in [0.15, 0.2) is 5.76 Å². The van der Waals surface area contributed by atoms with Gasteiger partial charge in [0.05, 0.1) is 5.60 Å². The highest BCUT2D eigenvalue weighted by Crippen LogP contribution is 2.48. The molecule has 4 rings (SSSR count). The lowest BCUT2D eigenvalue weighted by atomic mass is 9.64. The lowest BCUT2D eigenvalue weighted by Crippen LogP contribution is -2.50. The van der Waals surface area contributed by atoms with Crippen molar-refractivity contribution in [3.05, 3.63) is 11.5 Å². The van der Waals surface area contributed by atoms with Crippen molar-refractivity contribution < 1.29 is 18.0 Å². The number of hydrogen-bond acceptors (Lipinski definition) is 6. The lowest BCUT2D eigenvalue weighted by molar-refractivity contribution is -0.0625. The van der Waals surface area contributed by atoms with Crippen LogP contribution >= 0.6 is 0 Å². The number of rotatable bonds is 4. The van der Waals surface area contributed by atoms with Crippen molar-refractivity contribution in [2.24, 2.45) is 5.41 Å². The first-order chi connectivity index (χ1) is 13.2. The van der Waals surface area contributed by atoms with Gasteiger partial charge >= 0.3 is 0 Å². The highest BCUT2D eigenvalue weighted by Gasteiger charge is 2.46. The average molecular weight is 412 g/mol. The van der Waals surface area contributed by atoms with Gasteiger partial charge in [0.2, 0.25) is 10.0 Å². The van der Waals surface area contributed by atoms with Crippen LogP contribution in [0.3, 0.4) is 0 Å². The maximum absolute atomic E-state index is 13.0. The molecule has 0 aromatic carbocycles. The molecule has 3 aliphatic rings. The van der Waals surface area contributed by atoms with Gasteiger partial charge in [-0.05, 0) is 83.7 Å². The normalized spacial score (nSPS) is 26.1. The van der Waals surface area contributed by atoms with Gasteiger partial charge in [-0.15, -0.1) is 0 Å². The highest BCUT2D eigenvalue weighted by atomic mass is 32.2. The zero-order valence-corrected chi connectivity index (χ0v) is 17.9. The van der Waals surface area contributed by atoms with E-state index in [1.807, 2.05) is 0 Å². The third kappa shape index (κ3) is 3.76. The van der Waals surface area contributed by atoms with Gasteiger partial charge < -0.3 is 14.5 Å². The molecule has 8 heteroatoms. The van der Waals surface area contributed by atoms with Gasteiger partial charge in [0.25, 0.3) is 0 Å². The van der Waals surface area contributed by atoms with Gasteiger partial charge in [-0.3, -0.25) is 0 Å². The van der Waals surface area contributed by atoms with Crippen LogP contribution in [0.1, 0.15) is 62.8 Å². The predicted octanol–water partition coefficient (Wildman–Crippen LogP) is 2.46. The summed E-state index contributed by atoms with van der Waals surface area (Å²) in [4.78, 5) is 2.63. The number of nitrogens with zero attached hydrogens (tertiary/aromatic N) is 3. The summed E-state index contributed by atoms with van der Waals surface area (Å²) in [5, 5.41) is 14.9. The topological polar surface area (TPSA) is 86.9 Å². The molecular weight excluding hydrogens is 378 g/mol. The smallest absolute Gasteiger partial charge is 0.248 e. The van der Waals surface area contributed by atoms with E-state index >= 15 is 0 Å². The van der Waals surface area contributed by atoms with Crippen molar-refractivity contribution in [1.82, 2.24) is 14.4 Å². The Bertz CT molecular complexity index is 776. The van der Waals surface area contributed by atoms with Gasteiger partial charge in [-0.25, -0.2) is 8.42 Å². The van der Waals surface area contributed by atoms with E-state index in [9.17, 15) is 13.5 Å². The molecule has 3 fully saturated rings. The lowest BCUT2D eigenvalue weighted by Gasteiger charge is -2.48. The molecule has 3 heterocycles. The molecule has 158 valence electrons. The fourth-order valence-corrected chi connectivity index (χ4v) is 7.17. The van der Waals surface area contributed by atoms with Crippen molar-refractivity contribution in [3.63, 3.8) is 0 Å². The standard InChI is InChI=1S/C20H33N3O4S/c1-16-18(17(2)27-21-16)28(25,26)23-13-9-19(10-14-23)5-7-20(24,8-6-19)15-22-11-3-4-12-22/h24H,3-15H2,1-2H3. The first-order valence-electron chi connectivity index (χ1n) is 10.6. The van der Waals surface area contributed by atoms with Crippen LogP contribution < -0.4 is 0 Å². The molecule has 28 heavy (non-hydrogen) atoms. The van der Waals surface area contributed by atoms with Crippen molar-refractivity contribution in [2.75, 3.05) is 32.7 Å². The Balaban J connectivity index is 1.37. The Kier molecular flexibility index (Phi) is 5.35. The molecule has 0 amide bonds. The second kappa shape index (κ2) is 7.38. The summed E-state index contributed by atoms with van der Waals surface area (Å²) in [5.74, 6) is 0.363. The molecule has 0 atom stereocenters. The largest absolute Gasteiger partial charge is 0.389 e. The summed E-state index contributed by atoms with van der Waals surface area (Å²) < 4.78 is 32.7. The Morgan fingerprint density at radius 2 is 1.61 bits per heavy atom. The van der Waals surface area contributed by atoms with Crippen molar-refractivity contribution in [3.8, 4) is 0 Å². The summed E-state index contributed by atoms with van der Waals surface area (Å²) >= 11 is 0. The van der Waals surface area contributed by atoms with Crippen LogP contribution in [0, 0.1) is 19.3 Å². The Labute approximate surface area is 168 Å². The van der Waals surface area contributed by atoms with Gasteiger partial charge in [-0.2, -0.15) is 4.31 Å². The minimum absolute atomic E-state index is 0.183. The van der Waals surface area contributed by atoms with E-state index in [-0.39, 0.29) is 10.3 Å². The fourth-order valence-electron chi connectivity index (χ4n) is 5.43. The van der Waals surface area contributed by atoms with Gasteiger partial charge in [0.1, 0.15) is 10.6 Å². The first-order valence-corrected chi connectivity index (χ1v) is 12.1. The molecule has 1 aromatic heterocycles. The fraction of sp³-hybridized carbons (Fsp3) is 0.850. The molecule has 0 bridgehead atoms. The number of sulfonamides is 1. The van der Waals surface area contributed by atoms with E-state index < -0.39 is 15.6 Å². The van der Waals surface area contributed by atoms with Gasteiger partial charge in [0, 0.05) is 19.6 Å². The molecule has 1 spiro atoms. The predicted molar refractivity (Wildman–Crippen MR) is 105 cm³/mol. The summed E-state index contributed by atoms with van der Waals surface area (Å²) in [6, 6.07) is 0. The molecule has 1 aliphatic carbocycles. The number of hydrogen-bond donors (Lipinski definition) is 1. The Hall–Kier alpha value is -0.960. The molecule has 2 aliphatic heterocycles. The number of aryl methyl sites for hydroxylation is 2. The Morgan fingerprint density at radius 3 is 2.14 bits per heavy atom. The molecule has 2 saturated heterocycles. The van der Waals surface area contributed by atoms with E-state index in [2.05, 4.69) is 10.1 Å². The molecule has 0 unspecified atom stereocenters. The number of aliphatic hydroxyl groups is 1. The van der Waals surface area contributed by atoms with Crippen LogP contribution in [0.4, 0.5) is 0 Å². The second-order valence-electron chi connectivity index (χ2n) is 9.26. The molecule has 1 saturated carbocycles. The van der Waals surface area contributed by atoms with Crippen molar-refractivity contribution in [1.29, 1.82) is 0 Å². The van der Waals surface area contributed by atoms with E-state index in [0.717, 1.165) is 58.2 Å². The summed E-state index contributed by atoms with van der Waals surface area (Å²) in [5.41, 5.74) is 0.0553. The van der Waals surface area contributed by atoms with Crippen molar-refractivity contribution in [2.45, 2.75) is 75.7 Å². The molecule has 7 nitrogen and oxygen atoms in total. The quantitative estimate of drug-likeness (QED) is 0.819. The molecule has 1 aromatic rings. The van der Waals surface area contributed by atoms with E-state index in [1.165, 1.54) is 12.8 Å². The number of piperidine rings is 1. The van der Waals surface area contributed by atoms with Crippen LogP contribution in [-0.2, 0) is 10.0 Å².